The average molecular weight is 458 g/mol. The van der Waals surface area contributed by atoms with Crippen molar-refractivity contribution in [3.63, 3.8) is 0 Å². The van der Waals surface area contributed by atoms with Crippen molar-refractivity contribution in [2.24, 2.45) is 46.3 Å². The normalized spacial score (nSPS) is 41.1. The summed E-state index contributed by atoms with van der Waals surface area (Å²) < 4.78 is 5.79. The van der Waals surface area contributed by atoms with Gasteiger partial charge in [-0.3, -0.25) is 4.79 Å². The molecule has 188 valence electrons. The van der Waals surface area contributed by atoms with Crippen LogP contribution < -0.4 is 5.32 Å². The first kappa shape index (κ1) is 25.3. The van der Waals surface area contributed by atoms with Crippen molar-refractivity contribution in [1.82, 2.24) is 5.32 Å². The van der Waals surface area contributed by atoms with Crippen LogP contribution in [-0.2, 0) is 9.53 Å². The largest absolute Gasteiger partial charge is 0.461 e. The van der Waals surface area contributed by atoms with Gasteiger partial charge < -0.3 is 10.1 Å². The molecule has 3 fully saturated rings. The second-order valence-corrected chi connectivity index (χ2v) is 13.2. The number of nitrogens with one attached hydrogen (secondary N) is 1. The van der Waals surface area contributed by atoms with Crippen LogP contribution in [0.4, 0.5) is 0 Å². The first-order valence-corrected chi connectivity index (χ1v) is 14.2. The SMILES string of the molecule is CNCC(=O)O[C@H]1CC[C@@]2(C)C(=CC[C@H]3[C@@H]4CC[C@H]([C@H](C)CCCC(C)C)[C@@]4(C)CC[C@@H]32)C1. The molecular formula is C30H51NO2. The zero-order valence-electron chi connectivity index (χ0n) is 22.4. The van der Waals surface area contributed by atoms with E-state index in [2.05, 4.69) is 46.0 Å². The minimum atomic E-state index is -0.103. The maximum Gasteiger partial charge on any atom is 0.320 e. The summed E-state index contributed by atoms with van der Waals surface area (Å²) in [4.78, 5) is 12.0. The molecule has 0 aliphatic heterocycles. The molecule has 33 heavy (non-hydrogen) atoms. The van der Waals surface area contributed by atoms with Crippen LogP contribution in [0.2, 0.25) is 0 Å². The number of hydrogen-bond donors (Lipinski definition) is 1. The number of fused-ring (bicyclic) bond motifs is 5. The average Bonchev–Trinajstić information content (AvgIpc) is 3.11. The Morgan fingerprint density at radius 3 is 2.61 bits per heavy atom. The number of ether oxygens (including phenoxy) is 1. The third-order valence-electron chi connectivity index (χ3n) is 10.9. The molecule has 0 amide bonds. The fourth-order valence-electron chi connectivity index (χ4n) is 9.12. The number of carbonyl (C=O) groups excluding carboxylic acids is 1. The van der Waals surface area contributed by atoms with E-state index >= 15 is 0 Å². The van der Waals surface area contributed by atoms with Crippen molar-refractivity contribution in [2.45, 2.75) is 111 Å². The van der Waals surface area contributed by atoms with Gasteiger partial charge in [-0.05, 0) is 98.3 Å². The van der Waals surface area contributed by atoms with Crippen LogP contribution >= 0.6 is 0 Å². The lowest BCUT2D eigenvalue weighted by Gasteiger charge is -2.58. The van der Waals surface area contributed by atoms with Crippen LogP contribution in [0.3, 0.4) is 0 Å². The second-order valence-electron chi connectivity index (χ2n) is 13.2. The molecule has 0 saturated heterocycles. The molecule has 0 spiro atoms. The van der Waals surface area contributed by atoms with E-state index in [1.54, 1.807) is 12.6 Å². The maximum absolute atomic E-state index is 12.0. The van der Waals surface area contributed by atoms with Crippen molar-refractivity contribution in [3.05, 3.63) is 11.6 Å². The van der Waals surface area contributed by atoms with Crippen molar-refractivity contribution in [2.75, 3.05) is 13.6 Å². The van der Waals surface area contributed by atoms with E-state index in [9.17, 15) is 4.79 Å². The molecular weight excluding hydrogens is 406 g/mol. The molecule has 0 bridgehead atoms. The van der Waals surface area contributed by atoms with Crippen LogP contribution in [0.1, 0.15) is 105 Å². The number of rotatable bonds is 8. The van der Waals surface area contributed by atoms with Crippen LogP contribution in [0, 0.1) is 46.3 Å². The van der Waals surface area contributed by atoms with Crippen LogP contribution in [0.5, 0.6) is 0 Å². The summed E-state index contributed by atoms with van der Waals surface area (Å²) in [5.41, 5.74) is 2.49. The van der Waals surface area contributed by atoms with Crippen LogP contribution in [-0.4, -0.2) is 25.7 Å². The van der Waals surface area contributed by atoms with Gasteiger partial charge in [0.25, 0.3) is 0 Å². The second kappa shape index (κ2) is 10.0. The highest BCUT2D eigenvalue weighted by Gasteiger charge is 2.59. The van der Waals surface area contributed by atoms with Gasteiger partial charge >= 0.3 is 5.97 Å². The fraction of sp³-hybridized carbons (Fsp3) is 0.900. The Morgan fingerprint density at radius 1 is 1.09 bits per heavy atom. The van der Waals surface area contributed by atoms with Crippen molar-refractivity contribution < 1.29 is 9.53 Å². The van der Waals surface area contributed by atoms with Crippen LogP contribution in [0.25, 0.3) is 0 Å². The molecule has 0 aromatic rings. The standard InChI is InChI=1S/C30H51NO2/c1-20(2)8-7-9-21(3)25-12-13-26-24-11-10-22-18-23(33-28(32)19-31-6)14-16-29(22,4)27(24)15-17-30(25,26)5/h10,20-21,23-27,31H,7-9,11-19H2,1-6H3/t21-,23+,24+,25-,26+,27+,29+,30-/m1/s1. The van der Waals surface area contributed by atoms with Gasteiger partial charge in [0.2, 0.25) is 0 Å². The number of hydrogen-bond acceptors (Lipinski definition) is 3. The van der Waals surface area contributed by atoms with E-state index in [1.165, 1.54) is 57.8 Å². The zero-order chi connectivity index (χ0) is 23.8. The minimum absolute atomic E-state index is 0.0816. The number of esters is 1. The van der Waals surface area contributed by atoms with Crippen molar-refractivity contribution in [3.8, 4) is 0 Å². The molecule has 4 rings (SSSR count). The molecule has 4 aliphatic rings. The number of allylic oxidation sites excluding steroid dienone is 1. The van der Waals surface area contributed by atoms with E-state index in [4.69, 9.17) is 4.74 Å². The summed E-state index contributed by atoms with van der Waals surface area (Å²) in [5, 5.41) is 2.92. The van der Waals surface area contributed by atoms with Crippen LogP contribution in [0.15, 0.2) is 11.6 Å². The monoisotopic (exact) mass is 457 g/mol. The summed E-state index contributed by atoms with van der Waals surface area (Å²) in [6.45, 7) is 12.9. The Hall–Kier alpha value is -0.830. The molecule has 3 nitrogen and oxygen atoms in total. The molecule has 0 aromatic heterocycles. The highest BCUT2D eigenvalue weighted by molar-refractivity contribution is 5.71. The lowest BCUT2D eigenvalue weighted by atomic mass is 9.47. The zero-order valence-corrected chi connectivity index (χ0v) is 22.4. The Morgan fingerprint density at radius 2 is 1.88 bits per heavy atom. The molecule has 1 N–H and O–H groups in total. The Bertz CT molecular complexity index is 729. The first-order chi connectivity index (χ1) is 15.7. The van der Waals surface area contributed by atoms with Crippen molar-refractivity contribution >= 4 is 5.97 Å². The topological polar surface area (TPSA) is 38.3 Å². The molecule has 0 unspecified atom stereocenters. The molecule has 0 radical (unpaired) electrons. The van der Waals surface area contributed by atoms with E-state index in [-0.39, 0.29) is 12.1 Å². The van der Waals surface area contributed by atoms with Gasteiger partial charge in [0.1, 0.15) is 6.10 Å². The van der Waals surface area contributed by atoms with Gasteiger partial charge in [-0.2, -0.15) is 0 Å². The van der Waals surface area contributed by atoms with Gasteiger partial charge in [0.05, 0.1) is 6.54 Å². The van der Waals surface area contributed by atoms with Gasteiger partial charge in [0, 0.05) is 6.42 Å². The minimum Gasteiger partial charge on any atom is -0.461 e. The Labute approximate surface area is 203 Å². The third-order valence-corrected chi connectivity index (χ3v) is 10.9. The lowest BCUT2D eigenvalue weighted by molar-refractivity contribution is -0.150. The predicted molar refractivity (Wildman–Crippen MR) is 137 cm³/mol. The smallest absolute Gasteiger partial charge is 0.320 e. The highest BCUT2D eigenvalue weighted by Crippen LogP contribution is 2.67. The molecule has 0 heterocycles. The van der Waals surface area contributed by atoms with E-state index in [1.807, 2.05) is 0 Å². The van der Waals surface area contributed by atoms with E-state index in [0.717, 1.165) is 48.3 Å². The highest BCUT2D eigenvalue weighted by atomic mass is 16.5. The van der Waals surface area contributed by atoms with Gasteiger partial charge in [-0.25, -0.2) is 0 Å². The summed E-state index contributed by atoms with van der Waals surface area (Å²) >= 11 is 0. The van der Waals surface area contributed by atoms with Gasteiger partial charge in [0.15, 0.2) is 0 Å². The van der Waals surface area contributed by atoms with E-state index in [0.29, 0.717) is 17.4 Å². The maximum atomic E-state index is 12.0. The molecule has 3 heteroatoms. The van der Waals surface area contributed by atoms with Gasteiger partial charge in [-0.15, -0.1) is 0 Å². The number of likely N-dealkylation sites (N-methyl/N-ethyl adjacent to an activating group) is 1. The first-order valence-electron chi connectivity index (χ1n) is 14.2. The molecule has 3 saturated carbocycles. The lowest BCUT2D eigenvalue weighted by Crippen LogP contribution is -2.51. The summed E-state index contributed by atoms with van der Waals surface area (Å²) in [7, 11) is 1.81. The molecule has 4 aliphatic carbocycles. The number of carbonyl (C=O) groups is 1. The fourth-order valence-corrected chi connectivity index (χ4v) is 9.12. The summed E-state index contributed by atoms with van der Waals surface area (Å²) in [6, 6.07) is 0. The van der Waals surface area contributed by atoms with Crippen molar-refractivity contribution in [1.29, 1.82) is 0 Å². The summed E-state index contributed by atoms with van der Waals surface area (Å²) in [6.07, 6.45) is 17.1. The molecule has 8 atom stereocenters. The van der Waals surface area contributed by atoms with Gasteiger partial charge in [-0.1, -0.05) is 65.5 Å². The predicted octanol–water partition coefficient (Wildman–Crippen LogP) is 7.16. The third kappa shape index (κ3) is 4.82. The quantitative estimate of drug-likeness (QED) is 0.310. The Balaban J connectivity index is 1.43. The Kier molecular flexibility index (Phi) is 7.68. The summed E-state index contributed by atoms with van der Waals surface area (Å²) in [5.74, 6) is 5.15. The molecule has 0 aromatic carbocycles. The van der Waals surface area contributed by atoms with E-state index < -0.39 is 0 Å².